The van der Waals surface area contributed by atoms with Crippen LogP contribution in [0.25, 0.3) is 0 Å². The van der Waals surface area contributed by atoms with E-state index in [0.29, 0.717) is 14.6 Å². The fourth-order valence-corrected chi connectivity index (χ4v) is 2.46. The maximum atomic E-state index is 11.9. The third-order valence-electron chi connectivity index (χ3n) is 2.45. The van der Waals surface area contributed by atoms with Crippen LogP contribution >= 0.6 is 38.5 Å². The predicted octanol–water partition coefficient (Wildman–Crippen LogP) is 2.57. The molecule has 0 aliphatic carbocycles. The molecule has 98 valence electrons. The predicted molar refractivity (Wildman–Crippen MR) is 81.1 cm³/mol. The first kappa shape index (κ1) is 14.1. The van der Waals surface area contributed by atoms with Gasteiger partial charge in [-0.3, -0.25) is 19.5 Å². The van der Waals surface area contributed by atoms with Crippen LogP contribution in [0.1, 0.15) is 5.56 Å². The monoisotopic (exact) mass is 435 g/mol. The maximum absolute atomic E-state index is 11.9. The van der Waals surface area contributed by atoms with Crippen molar-refractivity contribution in [2.75, 3.05) is 0 Å². The summed E-state index contributed by atoms with van der Waals surface area (Å²) in [6.07, 6.45) is 2.93. The highest BCUT2D eigenvalue weighted by molar-refractivity contribution is 14.1. The second kappa shape index (κ2) is 5.78. The second-order valence-corrected chi connectivity index (χ2v) is 5.72. The van der Waals surface area contributed by atoms with Crippen LogP contribution in [0.5, 0.6) is 0 Å². The number of halogens is 2. The average Bonchev–Trinajstić information content (AvgIpc) is 2.37. The summed E-state index contributed by atoms with van der Waals surface area (Å²) in [6.45, 7) is 0.307. The lowest BCUT2D eigenvalue weighted by molar-refractivity contribution is -0.384. The van der Waals surface area contributed by atoms with E-state index in [1.165, 1.54) is 29.2 Å². The highest BCUT2D eigenvalue weighted by atomic mass is 127. The number of hydrogen-bond donors (Lipinski definition) is 0. The normalized spacial score (nSPS) is 10.4. The van der Waals surface area contributed by atoms with Crippen molar-refractivity contribution in [3.63, 3.8) is 0 Å². The Hall–Kier alpha value is -1.29. The third-order valence-corrected chi connectivity index (χ3v) is 3.93. The Morgan fingerprint density at radius 2 is 2.21 bits per heavy atom. The van der Waals surface area contributed by atoms with Crippen molar-refractivity contribution in [1.82, 2.24) is 9.55 Å². The molecule has 0 saturated heterocycles. The molecule has 1 aromatic heterocycles. The summed E-state index contributed by atoms with van der Waals surface area (Å²) in [5.41, 5.74) is 0.640. The van der Waals surface area contributed by atoms with Gasteiger partial charge in [-0.1, -0.05) is 15.9 Å². The molecule has 1 aromatic carbocycles. The first-order valence-corrected chi connectivity index (χ1v) is 6.99. The highest BCUT2D eigenvalue weighted by Crippen LogP contribution is 2.23. The summed E-state index contributed by atoms with van der Waals surface area (Å²) in [4.78, 5) is 26.0. The lowest BCUT2D eigenvalue weighted by atomic mass is 10.2. The molecule has 0 fully saturated rings. The minimum absolute atomic E-state index is 0.00346. The van der Waals surface area contributed by atoms with E-state index in [0.717, 1.165) is 5.56 Å². The molecule has 0 atom stereocenters. The fraction of sp³-hybridized carbons (Fsp3) is 0.0909. The zero-order valence-corrected chi connectivity index (χ0v) is 13.2. The Morgan fingerprint density at radius 3 is 2.84 bits per heavy atom. The number of non-ortho nitro benzene ring substituents is 1. The number of nitro groups is 1. The van der Waals surface area contributed by atoms with E-state index in [1.807, 2.05) is 22.6 Å². The summed E-state index contributed by atoms with van der Waals surface area (Å²) in [5, 5.41) is 10.6. The van der Waals surface area contributed by atoms with Crippen LogP contribution in [-0.2, 0) is 6.54 Å². The number of rotatable bonds is 3. The number of hydrogen-bond acceptors (Lipinski definition) is 4. The Bertz CT molecular complexity index is 702. The molecule has 8 heteroatoms. The fourth-order valence-electron chi connectivity index (χ4n) is 1.50. The Kier molecular flexibility index (Phi) is 4.30. The van der Waals surface area contributed by atoms with E-state index < -0.39 is 4.92 Å². The minimum atomic E-state index is -0.465. The third kappa shape index (κ3) is 3.18. The van der Waals surface area contributed by atoms with Crippen LogP contribution in [0.4, 0.5) is 5.69 Å². The van der Waals surface area contributed by atoms with E-state index in [4.69, 9.17) is 0 Å². The van der Waals surface area contributed by atoms with Crippen molar-refractivity contribution in [3.05, 3.63) is 64.8 Å². The van der Waals surface area contributed by atoms with Crippen LogP contribution < -0.4 is 5.56 Å². The van der Waals surface area contributed by atoms with Crippen molar-refractivity contribution in [1.29, 1.82) is 0 Å². The first-order valence-electron chi connectivity index (χ1n) is 5.12. The molecular formula is C11H7BrIN3O3. The van der Waals surface area contributed by atoms with Crippen LogP contribution in [0.15, 0.2) is 40.0 Å². The van der Waals surface area contributed by atoms with Gasteiger partial charge >= 0.3 is 0 Å². The molecule has 2 rings (SSSR count). The Labute approximate surface area is 129 Å². The van der Waals surface area contributed by atoms with E-state index in [9.17, 15) is 14.9 Å². The van der Waals surface area contributed by atoms with Gasteiger partial charge in [-0.2, -0.15) is 0 Å². The molecule has 0 aliphatic heterocycles. The quantitative estimate of drug-likeness (QED) is 0.421. The molecule has 0 radical (unpaired) electrons. The maximum Gasteiger partial charge on any atom is 0.270 e. The Morgan fingerprint density at radius 1 is 1.47 bits per heavy atom. The lowest BCUT2D eigenvalue weighted by Gasteiger charge is -2.07. The summed E-state index contributed by atoms with van der Waals surface area (Å²) < 4.78 is 2.57. The molecule has 6 nitrogen and oxygen atoms in total. The second-order valence-electron chi connectivity index (χ2n) is 3.71. The molecule has 0 amide bonds. The van der Waals surface area contributed by atoms with Crippen molar-refractivity contribution >= 4 is 44.2 Å². The van der Waals surface area contributed by atoms with E-state index in [1.54, 1.807) is 6.07 Å². The highest BCUT2D eigenvalue weighted by Gasteiger charge is 2.10. The van der Waals surface area contributed by atoms with Gasteiger partial charge < -0.3 is 0 Å². The van der Waals surface area contributed by atoms with Gasteiger partial charge in [-0.15, -0.1) is 0 Å². The van der Waals surface area contributed by atoms with Gasteiger partial charge in [0.2, 0.25) is 0 Å². The molecule has 1 heterocycles. The molecule has 19 heavy (non-hydrogen) atoms. The molecule has 0 unspecified atom stereocenters. The molecular weight excluding hydrogens is 429 g/mol. The van der Waals surface area contributed by atoms with E-state index >= 15 is 0 Å². The van der Waals surface area contributed by atoms with Crippen LogP contribution in [0.2, 0.25) is 0 Å². The minimum Gasteiger partial charge on any atom is -0.294 e. The van der Waals surface area contributed by atoms with Gasteiger partial charge in [0, 0.05) is 22.8 Å². The van der Waals surface area contributed by atoms with Gasteiger partial charge in [0.05, 0.1) is 21.4 Å². The van der Waals surface area contributed by atoms with Crippen molar-refractivity contribution in [3.8, 4) is 0 Å². The summed E-state index contributed by atoms with van der Waals surface area (Å²) >= 11 is 5.19. The van der Waals surface area contributed by atoms with Gasteiger partial charge in [0.25, 0.3) is 11.2 Å². The van der Waals surface area contributed by atoms with E-state index in [-0.39, 0.29) is 11.2 Å². The van der Waals surface area contributed by atoms with Gasteiger partial charge in [0.1, 0.15) is 0 Å². The summed E-state index contributed by atoms with van der Waals surface area (Å²) in [6, 6.07) is 4.45. The zero-order valence-electron chi connectivity index (χ0n) is 9.42. The molecule has 0 saturated carbocycles. The topological polar surface area (TPSA) is 78.0 Å². The van der Waals surface area contributed by atoms with Crippen molar-refractivity contribution in [2.24, 2.45) is 0 Å². The smallest absolute Gasteiger partial charge is 0.270 e. The van der Waals surface area contributed by atoms with Crippen molar-refractivity contribution < 1.29 is 4.92 Å². The van der Waals surface area contributed by atoms with Crippen molar-refractivity contribution in [2.45, 2.75) is 6.54 Å². The van der Waals surface area contributed by atoms with Gasteiger partial charge in [-0.25, -0.2) is 4.98 Å². The molecule has 0 spiro atoms. The number of benzene rings is 1. The number of aromatic nitrogens is 2. The van der Waals surface area contributed by atoms with Crippen LogP contribution in [0, 0.1) is 13.7 Å². The number of nitro benzene ring substituents is 1. The van der Waals surface area contributed by atoms with Crippen LogP contribution in [0.3, 0.4) is 0 Å². The summed E-state index contributed by atoms with van der Waals surface area (Å²) in [7, 11) is 0. The Balaban J connectivity index is 2.36. The molecule has 0 bridgehead atoms. The lowest BCUT2D eigenvalue weighted by Crippen LogP contribution is -2.23. The van der Waals surface area contributed by atoms with Gasteiger partial charge in [0.15, 0.2) is 0 Å². The van der Waals surface area contributed by atoms with Gasteiger partial charge in [-0.05, 0) is 34.2 Å². The average molecular weight is 436 g/mol. The van der Waals surface area contributed by atoms with Crippen LogP contribution in [-0.4, -0.2) is 14.5 Å². The first-order chi connectivity index (χ1) is 8.99. The molecule has 2 aromatic rings. The number of nitrogens with zero attached hydrogens (tertiary/aromatic N) is 3. The van der Waals surface area contributed by atoms with E-state index in [2.05, 4.69) is 20.9 Å². The zero-order chi connectivity index (χ0) is 14.0. The molecule has 0 N–H and O–H groups in total. The summed E-state index contributed by atoms with van der Waals surface area (Å²) in [5.74, 6) is 0. The largest absolute Gasteiger partial charge is 0.294 e. The molecule has 0 aliphatic rings. The SMILES string of the molecule is O=c1c(I)cncn1Cc1ccc([N+](=O)[O-])cc1Br. The standard InChI is InChI=1S/C11H7BrIN3O3/c12-9-3-8(16(18)19)2-1-7(9)5-15-6-14-4-10(13)11(15)17/h1-4,6H,5H2.